The fourth-order valence-corrected chi connectivity index (χ4v) is 3.77. The van der Waals surface area contributed by atoms with Crippen LogP contribution >= 0.6 is 0 Å². The number of amides is 3. The molecule has 2 N–H and O–H groups in total. The fraction of sp³-hybridized carbons (Fsp3) is 0.346. The van der Waals surface area contributed by atoms with Crippen LogP contribution in [0.5, 0.6) is 5.75 Å². The lowest BCUT2D eigenvalue weighted by molar-refractivity contribution is -0.116. The molecule has 1 aromatic heterocycles. The predicted octanol–water partition coefficient (Wildman–Crippen LogP) is 4.48. The van der Waals surface area contributed by atoms with Gasteiger partial charge in [0.05, 0.1) is 18.5 Å². The summed E-state index contributed by atoms with van der Waals surface area (Å²) >= 11 is 0. The van der Waals surface area contributed by atoms with Gasteiger partial charge in [-0.3, -0.25) is 4.79 Å². The predicted molar refractivity (Wildman–Crippen MR) is 134 cm³/mol. The van der Waals surface area contributed by atoms with E-state index >= 15 is 0 Å². The Labute approximate surface area is 200 Å². The van der Waals surface area contributed by atoms with Crippen molar-refractivity contribution >= 4 is 17.8 Å². The molecule has 0 fully saturated rings. The first-order valence-electron chi connectivity index (χ1n) is 11.5. The van der Waals surface area contributed by atoms with Crippen LogP contribution in [0.1, 0.15) is 26.5 Å². The number of hydrogen-bond donors (Lipinski definition) is 2. The van der Waals surface area contributed by atoms with Crippen LogP contribution in [0.4, 0.5) is 10.6 Å². The SMILES string of the molecule is CCNC(=O)N(CC(=O)Nc1c(-c2ccccc2)c(C)nn1-c1ccc(OC)cc1)CC(C)C. The molecular weight excluding hydrogens is 430 g/mol. The molecule has 3 amide bonds. The van der Waals surface area contributed by atoms with E-state index in [-0.39, 0.29) is 24.4 Å². The van der Waals surface area contributed by atoms with Crippen molar-refractivity contribution in [3.63, 3.8) is 0 Å². The van der Waals surface area contributed by atoms with E-state index < -0.39 is 0 Å². The Bertz CT molecular complexity index is 1110. The third-order valence-electron chi connectivity index (χ3n) is 5.23. The van der Waals surface area contributed by atoms with Crippen LogP contribution in [0.3, 0.4) is 0 Å². The Balaban J connectivity index is 1.98. The van der Waals surface area contributed by atoms with Crippen LogP contribution in [-0.2, 0) is 4.79 Å². The molecule has 0 atom stereocenters. The summed E-state index contributed by atoms with van der Waals surface area (Å²) in [5, 5.41) is 10.5. The third kappa shape index (κ3) is 5.95. The topological polar surface area (TPSA) is 88.5 Å². The van der Waals surface area contributed by atoms with Crippen LogP contribution in [0, 0.1) is 12.8 Å². The van der Waals surface area contributed by atoms with Crippen molar-refractivity contribution < 1.29 is 14.3 Å². The maximum absolute atomic E-state index is 13.2. The molecular formula is C26H33N5O3. The standard InChI is InChI=1S/C26H33N5O3/c1-6-27-26(33)30(16-18(2)3)17-23(32)28-25-24(20-10-8-7-9-11-20)19(4)29-31(25)21-12-14-22(34-5)15-13-21/h7-15,18H,6,16-17H2,1-5H3,(H,27,33)(H,28,32). The number of nitrogens with one attached hydrogen (secondary N) is 2. The van der Waals surface area contributed by atoms with Crippen molar-refractivity contribution in [3.8, 4) is 22.6 Å². The Morgan fingerprint density at radius 3 is 2.35 bits per heavy atom. The first kappa shape index (κ1) is 24.8. The minimum absolute atomic E-state index is 0.0644. The van der Waals surface area contributed by atoms with Gasteiger partial charge in [-0.2, -0.15) is 5.10 Å². The lowest BCUT2D eigenvalue weighted by Crippen LogP contribution is -2.45. The minimum atomic E-state index is -0.293. The summed E-state index contributed by atoms with van der Waals surface area (Å²) in [7, 11) is 1.61. The van der Waals surface area contributed by atoms with Gasteiger partial charge in [-0.15, -0.1) is 0 Å². The Kier molecular flexibility index (Phi) is 8.29. The zero-order chi connectivity index (χ0) is 24.7. The van der Waals surface area contributed by atoms with E-state index in [0.29, 0.717) is 18.9 Å². The summed E-state index contributed by atoms with van der Waals surface area (Å²) in [5.74, 6) is 1.22. The number of ether oxygens (including phenoxy) is 1. The molecule has 0 aliphatic rings. The van der Waals surface area contributed by atoms with Crippen molar-refractivity contribution in [2.45, 2.75) is 27.7 Å². The molecule has 3 aromatic rings. The average molecular weight is 464 g/mol. The molecule has 8 nitrogen and oxygen atoms in total. The number of hydrogen-bond acceptors (Lipinski definition) is 4. The van der Waals surface area contributed by atoms with Gasteiger partial charge in [-0.1, -0.05) is 44.2 Å². The summed E-state index contributed by atoms with van der Waals surface area (Å²) in [5.41, 5.74) is 3.33. The van der Waals surface area contributed by atoms with E-state index in [9.17, 15) is 9.59 Å². The quantitative estimate of drug-likeness (QED) is 0.490. The number of methoxy groups -OCH3 is 1. The van der Waals surface area contributed by atoms with Crippen LogP contribution < -0.4 is 15.4 Å². The number of aromatic nitrogens is 2. The molecule has 0 spiro atoms. The number of carbonyl (C=O) groups is 2. The number of benzene rings is 2. The van der Waals surface area contributed by atoms with Gasteiger partial charge in [0.15, 0.2) is 0 Å². The summed E-state index contributed by atoms with van der Waals surface area (Å²) < 4.78 is 6.99. The molecule has 0 bridgehead atoms. The number of aryl methyl sites for hydroxylation is 1. The van der Waals surface area contributed by atoms with Gasteiger partial charge in [-0.25, -0.2) is 9.48 Å². The second-order valence-corrected chi connectivity index (χ2v) is 8.44. The van der Waals surface area contributed by atoms with Gasteiger partial charge in [0.25, 0.3) is 0 Å². The van der Waals surface area contributed by atoms with Gasteiger partial charge >= 0.3 is 6.03 Å². The van der Waals surface area contributed by atoms with E-state index in [0.717, 1.165) is 28.3 Å². The molecule has 0 aliphatic carbocycles. The largest absolute Gasteiger partial charge is 0.497 e. The van der Waals surface area contributed by atoms with Crippen molar-refractivity contribution in [2.24, 2.45) is 5.92 Å². The highest BCUT2D eigenvalue weighted by Crippen LogP contribution is 2.33. The molecule has 3 rings (SSSR count). The van der Waals surface area contributed by atoms with Crippen molar-refractivity contribution in [2.75, 3.05) is 32.1 Å². The monoisotopic (exact) mass is 463 g/mol. The third-order valence-corrected chi connectivity index (χ3v) is 5.23. The molecule has 34 heavy (non-hydrogen) atoms. The molecule has 0 saturated heterocycles. The second-order valence-electron chi connectivity index (χ2n) is 8.44. The lowest BCUT2D eigenvalue weighted by atomic mass is 10.1. The normalized spacial score (nSPS) is 10.8. The van der Waals surface area contributed by atoms with E-state index in [4.69, 9.17) is 9.84 Å². The maximum atomic E-state index is 13.2. The van der Waals surface area contributed by atoms with Gasteiger partial charge in [-0.05, 0) is 49.6 Å². The van der Waals surface area contributed by atoms with E-state index in [1.54, 1.807) is 11.8 Å². The van der Waals surface area contributed by atoms with E-state index in [1.165, 1.54) is 4.90 Å². The number of rotatable bonds is 9. The highest BCUT2D eigenvalue weighted by Gasteiger charge is 2.23. The molecule has 8 heteroatoms. The van der Waals surface area contributed by atoms with Crippen molar-refractivity contribution in [1.82, 2.24) is 20.0 Å². The van der Waals surface area contributed by atoms with E-state index in [2.05, 4.69) is 10.6 Å². The smallest absolute Gasteiger partial charge is 0.317 e. The highest BCUT2D eigenvalue weighted by atomic mass is 16.5. The van der Waals surface area contributed by atoms with Gasteiger partial charge < -0.3 is 20.3 Å². The molecule has 2 aromatic carbocycles. The zero-order valence-corrected chi connectivity index (χ0v) is 20.5. The maximum Gasteiger partial charge on any atom is 0.317 e. The minimum Gasteiger partial charge on any atom is -0.497 e. The highest BCUT2D eigenvalue weighted by molar-refractivity contribution is 5.97. The summed E-state index contributed by atoms with van der Waals surface area (Å²) in [6, 6.07) is 17.0. The summed E-state index contributed by atoms with van der Waals surface area (Å²) in [4.78, 5) is 27.2. The first-order valence-corrected chi connectivity index (χ1v) is 11.5. The second kappa shape index (κ2) is 11.4. The van der Waals surface area contributed by atoms with Gasteiger partial charge in [0.2, 0.25) is 5.91 Å². The summed E-state index contributed by atoms with van der Waals surface area (Å²) in [6.07, 6.45) is 0. The molecule has 0 saturated carbocycles. The van der Waals surface area contributed by atoms with Gasteiger partial charge in [0, 0.05) is 18.7 Å². The van der Waals surface area contributed by atoms with Crippen LogP contribution in [0.2, 0.25) is 0 Å². The fourth-order valence-electron chi connectivity index (χ4n) is 3.77. The zero-order valence-electron chi connectivity index (χ0n) is 20.5. The average Bonchev–Trinajstić information content (AvgIpc) is 3.14. The van der Waals surface area contributed by atoms with E-state index in [1.807, 2.05) is 82.3 Å². The first-order chi connectivity index (χ1) is 16.3. The van der Waals surface area contributed by atoms with Crippen molar-refractivity contribution in [3.05, 3.63) is 60.3 Å². The Morgan fingerprint density at radius 2 is 1.76 bits per heavy atom. The molecule has 0 radical (unpaired) electrons. The number of urea groups is 1. The lowest BCUT2D eigenvalue weighted by Gasteiger charge is -2.24. The molecule has 0 aliphatic heterocycles. The van der Waals surface area contributed by atoms with Crippen LogP contribution in [-0.4, -0.2) is 53.4 Å². The van der Waals surface area contributed by atoms with Crippen LogP contribution in [0.25, 0.3) is 16.8 Å². The molecule has 1 heterocycles. The number of carbonyl (C=O) groups excluding carboxylic acids is 2. The number of anilines is 1. The Hall–Kier alpha value is -3.81. The molecule has 0 unspecified atom stereocenters. The molecule has 180 valence electrons. The Morgan fingerprint density at radius 1 is 1.09 bits per heavy atom. The number of nitrogens with zero attached hydrogens (tertiary/aromatic N) is 3. The van der Waals surface area contributed by atoms with Gasteiger partial charge in [0.1, 0.15) is 18.1 Å². The van der Waals surface area contributed by atoms with Crippen molar-refractivity contribution in [1.29, 1.82) is 0 Å². The summed E-state index contributed by atoms with van der Waals surface area (Å²) in [6.45, 7) is 8.70. The van der Waals surface area contributed by atoms with Crippen LogP contribution in [0.15, 0.2) is 54.6 Å².